The molecule has 0 spiro atoms. The van der Waals surface area contributed by atoms with Crippen LogP contribution in [-0.2, 0) is 4.79 Å². The van der Waals surface area contributed by atoms with Crippen molar-refractivity contribution in [1.82, 2.24) is 0 Å². The van der Waals surface area contributed by atoms with Crippen LogP contribution >= 0.6 is 0 Å². The maximum atomic E-state index is 12.0. The van der Waals surface area contributed by atoms with Gasteiger partial charge in [-0.3, -0.25) is 4.79 Å². The largest absolute Gasteiger partial charge is 0.390 e. The number of hydrogen-bond acceptors (Lipinski definition) is 4. The molecular formula is C17H28N4O2. The molecule has 0 saturated carbocycles. The third-order valence-corrected chi connectivity index (χ3v) is 2.90. The summed E-state index contributed by atoms with van der Waals surface area (Å²) >= 11 is 0. The zero-order valence-corrected chi connectivity index (χ0v) is 14.6. The second kappa shape index (κ2) is 7.46. The van der Waals surface area contributed by atoms with Gasteiger partial charge in [-0.05, 0) is 37.5 Å². The predicted octanol–water partition coefficient (Wildman–Crippen LogP) is 2.86. The van der Waals surface area contributed by atoms with E-state index in [4.69, 9.17) is 5.73 Å². The maximum Gasteiger partial charge on any atom is 0.224 e. The number of nitrogens with zero attached hydrogens (tertiary/aromatic N) is 1. The van der Waals surface area contributed by atoms with Crippen molar-refractivity contribution in [1.29, 1.82) is 0 Å². The monoisotopic (exact) mass is 320 g/mol. The molecule has 0 heterocycles. The highest BCUT2D eigenvalue weighted by molar-refractivity contribution is 5.92. The van der Waals surface area contributed by atoms with Crippen LogP contribution in [0.2, 0.25) is 0 Å². The van der Waals surface area contributed by atoms with E-state index >= 15 is 0 Å². The first kappa shape index (κ1) is 19.0. The van der Waals surface area contributed by atoms with Crippen LogP contribution in [0.15, 0.2) is 23.2 Å². The second-order valence-corrected chi connectivity index (χ2v) is 7.46. The Morgan fingerprint density at radius 3 is 2.48 bits per heavy atom. The van der Waals surface area contributed by atoms with Crippen molar-refractivity contribution in [3.63, 3.8) is 0 Å². The van der Waals surface area contributed by atoms with Gasteiger partial charge in [0, 0.05) is 18.7 Å². The van der Waals surface area contributed by atoms with Crippen molar-refractivity contribution in [2.45, 2.75) is 46.6 Å². The molecule has 0 aliphatic carbocycles. The Kier molecular flexibility index (Phi) is 6.15. The van der Waals surface area contributed by atoms with E-state index in [0.29, 0.717) is 24.3 Å². The fraction of sp³-hybridized carbons (Fsp3) is 0.529. The average Bonchev–Trinajstić information content (AvgIpc) is 2.34. The van der Waals surface area contributed by atoms with Crippen LogP contribution in [0.25, 0.3) is 0 Å². The van der Waals surface area contributed by atoms with Gasteiger partial charge >= 0.3 is 0 Å². The topological polar surface area (TPSA) is 99.7 Å². The molecule has 23 heavy (non-hydrogen) atoms. The van der Waals surface area contributed by atoms with Crippen molar-refractivity contribution >= 4 is 29.3 Å². The molecule has 1 amide bonds. The highest BCUT2D eigenvalue weighted by atomic mass is 16.3. The third-order valence-electron chi connectivity index (χ3n) is 2.90. The summed E-state index contributed by atoms with van der Waals surface area (Å²) in [5.41, 5.74) is 6.47. The number of carbonyl (C=O) groups excluding carboxylic acids is 1. The lowest BCUT2D eigenvalue weighted by Gasteiger charge is -2.20. The van der Waals surface area contributed by atoms with Gasteiger partial charge < -0.3 is 21.5 Å². The molecule has 0 aliphatic heterocycles. The summed E-state index contributed by atoms with van der Waals surface area (Å²) in [5.74, 6) is -0.0441. The van der Waals surface area contributed by atoms with Gasteiger partial charge in [-0.1, -0.05) is 20.8 Å². The lowest BCUT2D eigenvalue weighted by atomic mass is 9.92. The van der Waals surface area contributed by atoms with Crippen LogP contribution in [0.4, 0.5) is 17.1 Å². The van der Waals surface area contributed by atoms with Gasteiger partial charge in [-0.15, -0.1) is 0 Å². The predicted molar refractivity (Wildman–Crippen MR) is 96.3 cm³/mol. The number of nitrogens with one attached hydrogen (secondary N) is 2. The fourth-order valence-corrected chi connectivity index (χ4v) is 1.94. The summed E-state index contributed by atoms with van der Waals surface area (Å²) in [5, 5.41) is 15.8. The van der Waals surface area contributed by atoms with Gasteiger partial charge in [0.25, 0.3) is 0 Å². The molecule has 1 rings (SSSR count). The SMILES string of the molecule is CC(C)(C)CC(=O)Nc1ccc(NCC(C)(C)O)c(N=CN)c1. The Bertz CT molecular complexity index is 569. The molecule has 0 saturated heterocycles. The summed E-state index contributed by atoms with van der Waals surface area (Å²) in [6, 6.07) is 5.35. The molecule has 5 N–H and O–H groups in total. The summed E-state index contributed by atoms with van der Waals surface area (Å²) in [6.07, 6.45) is 1.63. The number of benzene rings is 1. The minimum absolute atomic E-state index is 0.0441. The lowest BCUT2D eigenvalue weighted by Crippen LogP contribution is -2.29. The number of aliphatic hydroxyl groups is 1. The molecule has 0 unspecified atom stereocenters. The first-order chi connectivity index (χ1) is 10.5. The first-order valence-corrected chi connectivity index (χ1v) is 7.65. The number of rotatable bonds is 6. The minimum Gasteiger partial charge on any atom is -0.390 e. The normalized spacial score (nSPS) is 12.4. The van der Waals surface area contributed by atoms with Gasteiger partial charge in [0.1, 0.15) is 0 Å². The molecule has 6 heteroatoms. The molecule has 0 aromatic heterocycles. The van der Waals surface area contributed by atoms with Crippen LogP contribution in [0.5, 0.6) is 0 Å². The van der Waals surface area contributed by atoms with Gasteiger partial charge in [0.05, 0.1) is 23.3 Å². The Hall–Kier alpha value is -2.08. The third kappa shape index (κ3) is 7.65. The zero-order chi connectivity index (χ0) is 17.7. The molecule has 0 fully saturated rings. The molecule has 0 aliphatic rings. The van der Waals surface area contributed by atoms with Gasteiger partial charge in [0.2, 0.25) is 5.91 Å². The zero-order valence-electron chi connectivity index (χ0n) is 14.6. The van der Waals surface area contributed by atoms with E-state index in [1.165, 1.54) is 6.34 Å². The maximum absolute atomic E-state index is 12.0. The highest BCUT2D eigenvalue weighted by Crippen LogP contribution is 2.29. The standard InChI is InChI=1S/C17H28N4O2/c1-16(2,3)9-15(22)21-12-6-7-13(14(8-12)20-11-18)19-10-17(4,5)23/h6-8,11,19,23H,9-10H2,1-5H3,(H2,18,20)(H,21,22). The van der Waals surface area contributed by atoms with Crippen molar-refractivity contribution in [2.75, 3.05) is 17.2 Å². The summed E-state index contributed by atoms with van der Waals surface area (Å²) in [7, 11) is 0. The molecule has 1 aromatic carbocycles. The number of nitrogens with two attached hydrogens (primary N) is 1. The van der Waals surface area contributed by atoms with E-state index in [1.807, 2.05) is 20.8 Å². The Morgan fingerprint density at radius 2 is 1.96 bits per heavy atom. The Balaban J connectivity index is 2.88. The number of aliphatic imine (C=N–C) groups is 1. The van der Waals surface area contributed by atoms with Crippen molar-refractivity contribution in [3.05, 3.63) is 18.2 Å². The molecule has 6 nitrogen and oxygen atoms in total. The first-order valence-electron chi connectivity index (χ1n) is 7.65. The van der Waals surface area contributed by atoms with E-state index in [0.717, 1.165) is 5.69 Å². The van der Waals surface area contributed by atoms with Gasteiger partial charge in [-0.2, -0.15) is 0 Å². The number of anilines is 2. The van der Waals surface area contributed by atoms with Crippen molar-refractivity contribution < 1.29 is 9.90 Å². The van der Waals surface area contributed by atoms with Crippen LogP contribution in [-0.4, -0.2) is 29.5 Å². The molecule has 0 atom stereocenters. The average molecular weight is 320 g/mol. The second-order valence-electron chi connectivity index (χ2n) is 7.46. The van der Waals surface area contributed by atoms with Gasteiger partial charge in [-0.25, -0.2) is 4.99 Å². The quantitative estimate of drug-likeness (QED) is 0.478. The van der Waals surface area contributed by atoms with Crippen LogP contribution < -0.4 is 16.4 Å². The van der Waals surface area contributed by atoms with Crippen LogP contribution in [0.3, 0.4) is 0 Å². The van der Waals surface area contributed by atoms with E-state index in [1.54, 1.807) is 32.0 Å². The molecule has 0 bridgehead atoms. The molecule has 1 aromatic rings. The summed E-state index contributed by atoms with van der Waals surface area (Å²) < 4.78 is 0. The number of carbonyl (C=O) groups is 1. The van der Waals surface area contributed by atoms with Crippen LogP contribution in [0.1, 0.15) is 41.0 Å². The van der Waals surface area contributed by atoms with E-state index < -0.39 is 5.60 Å². The summed E-state index contributed by atoms with van der Waals surface area (Å²) in [4.78, 5) is 16.1. The number of amides is 1. The molecular weight excluding hydrogens is 292 g/mol. The minimum atomic E-state index is -0.844. The van der Waals surface area contributed by atoms with E-state index in [2.05, 4.69) is 15.6 Å². The molecule has 0 radical (unpaired) electrons. The smallest absolute Gasteiger partial charge is 0.224 e. The Labute approximate surface area is 138 Å². The number of hydrogen-bond donors (Lipinski definition) is 4. The van der Waals surface area contributed by atoms with Crippen LogP contribution in [0, 0.1) is 5.41 Å². The van der Waals surface area contributed by atoms with E-state index in [9.17, 15) is 9.90 Å². The van der Waals surface area contributed by atoms with Crippen molar-refractivity contribution in [2.24, 2.45) is 16.1 Å². The molecule has 128 valence electrons. The highest BCUT2D eigenvalue weighted by Gasteiger charge is 2.17. The lowest BCUT2D eigenvalue weighted by molar-refractivity contribution is -0.117. The summed E-state index contributed by atoms with van der Waals surface area (Å²) in [6.45, 7) is 9.84. The Morgan fingerprint density at radius 1 is 1.30 bits per heavy atom. The van der Waals surface area contributed by atoms with Gasteiger partial charge in [0.15, 0.2) is 0 Å². The van der Waals surface area contributed by atoms with Crippen molar-refractivity contribution in [3.8, 4) is 0 Å². The van der Waals surface area contributed by atoms with E-state index in [-0.39, 0.29) is 11.3 Å². The fourth-order valence-electron chi connectivity index (χ4n) is 1.94.